The number of anilines is 1. The highest BCUT2D eigenvalue weighted by molar-refractivity contribution is 5.89. The van der Waals surface area contributed by atoms with Crippen LogP contribution in [0.4, 0.5) is 23.7 Å². The summed E-state index contributed by atoms with van der Waals surface area (Å²) in [5.74, 6) is 0. The minimum Gasteiger partial charge on any atom is -0.329 e. The third kappa shape index (κ3) is 5.21. The first-order valence-corrected chi connectivity index (χ1v) is 4.98. The fraction of sp³-hybridized carbons (Fsp3) is 0.273. The molecule has 0 atom stereocenters. The van der Waals surface area contributed by atoms with Crippen molar-refractivity contribution in [3.05, 3.63) is 29.8 Å². The molecule has 0 aliphatic heterocycles. The largest absolute Gasteiger partial charge is 0.405 e. The summed E-state index contributed by atoms with van der Waals surface area (Å²) in [6.45, 7) is -1.38. The normalized spacial score (nSPS) is 10.6. The molecular formula is C11H10F3N3O. The van der Waals surface area contributed by atoms with Crippen molar-refractivity contribution in [3.8, 4) is 6.07 Å². The second kappa shape index (κ2) is 5.91. The third-order valence-corrected chi connectivity index (χ3v) is 1.94. The number of hydrogen-bond donors (Lipinski definition) is 2. The summed E-state index contributed by atoms with van der Waals surface area (Å²) in [5, 5.41) is 12.4. The van der Waals surface area contributed by atoms with Gasteiger partial charge in [-0.15, -0.1) is 0 Å². The lowest BCUT2D eigenvalue weighted by atomic mass is 10.1. The van der Waals surface area contributed by atoms with Gasteiger partial charge in [-0.2, -0.15) is 18.4 Å². The molecule has 0 saturated heterocycles. The van der Waals surface area contributed by atoms with Crippen molar-refractivity contribution in [1.29, 1.82) is 5.26 Å². The molecule has 0 aliphatic carbocycles. The summed E-state index contributed by atoms with van der Waals surface area (Å²) in [5.41, 5.74) is 1.12. The van der Waals surface area contributed by atoms with Crippen LogP contribution in [-0.2, 0) is 6.42 Å². The van der Waals surface area contributed by atoms with Crippen LogP contribution in [0, 0.1) is 11.3 Å². The fourth-order valence-corrected chi connectivity index (χ4v) is 1.15. The maximum absolute atomic E-state index is 11.8. The monoisotopic (exact) mass is 257 g/mol. The smallest absolute Gasteiger partial charge is 0.329 e. The van der Waals surface area contributed by atoms with Crippen LogP contribution in [0.1, 0.15) is 5.56 Å². The summed E-state index contributed by atoms with van der Waals surface area (Å²) in [7, 11) is 0. The second-order valence-corrected chi connectivity index (χ2v) is 3.45. The number of amides is 2. The quantitative estimate of drug-likeness (QED) is 0.873. The number of urea groups is 1. The molecule has 0 saturated carbocycles. The van der Waals surface area contributed by atoms with Gasteiger partial charge in [0.15, 0.2) is 0 Å². The van der Waals surface area contributed by atoms with E-state index in [1.54, 1.807) is 17.4 Å². The lowest BCUT2D eigenvalue weighted by Crippen LogP contribution is -2.36. The van der Waals surface area contributed by atoms with Crippen molar-refractivity contribution in [2.24, 2.45) is 0 Å². The molecule has 0 spiro atoms. The average Bonchev–Trinajstić information content (AvgIpc) is 2.29. The molecule has 0 heterocycles. The van der Waals surface area contributed by atoms with Crippen molar-refractivity contribution in [3.63, 3.8) is 0 Å². The van der Waals surface area contributed by atoms with Crippen LogP contribution in [0.3, 0.4) is 0 Å². The van der Waals surface area contributed by atoms with Crippen molar-refractivity contribution in [1.82, 2.24) is 5.32 Å². The zero-order valence-corrected chi connectivity index (χ0v) is 9.21. The standard InChI is InChI=1S/C11H10F3N3O/c12-11(13,14)7-16-10(18)17-9-3-1-8(2-4-9)5-6-15/h1-4H,5,7H2,(H2,16,17,18). The Morgan fingerprint density at radius 3 is 2.39 bits per heavy atom. The van der Waals surface area contributed by atoms with Crippen LogP contribution < -0.4 is 10.6 Å². The van der Waals surface area contributed by atoms with Gasteiger partial charge >= 0.3 is 12.2 Å². The average molecular weight is 257 g/mol. The van der Waals surface area contributed by atoms with E-state index in [2.05, 4.69) is 5.32 Å². The maximum atomic E-state index is 11.8. The molecule has 4 nitrogen and oxygen atoms in total. The molecule has 0 radical (unpaired) electrons. The van der Waals surface area contributed by atoms with Gasteiger partial charge in [-0.25, -0.2) is 4.79 Å². The van der Waals surface area contributed by atoms with Gasteiger partial charge in [0, 0.05) is 5.69 Å². The van der Waals surface area contributed by atoms with E-state index in [4.69, 9.17) is 5.26 Å². The van der Waals surface area contributed by atoms with Gasteiger partial charge in [0.2, 0.25) is 0 Å². The van der Waals surface area contributed by atoms with E-state index < -0.39 is 18.8 Å². The van der Waals surface area contributed by atoms with E-state index in [9.17, 15) is 18.0 Å². The van der Waals surface area contributed by atoms with E-state index in [1.807, 2.05) is 6.07 Å². The fourth-order valence-electron chi connectivity index (χ4n) is 1.15. The zero-order chi connectivity index (χ0) is 13.6. The highest BCUT2D eigenvalue weighted by Crippen LogP contribution is 2.13. The number of rotatable bonds is 3. The number of nitrogens with zero attached hydrogens (tertiary/aromatic N) is 1. The summed E-state index contributed by atoms with van der Waals surface area (Å²) >= 11 is 0. The Balaban J connectivity index is 2.47. The van der Waals surface area contributed by atoms with Gasteiger partial charge in [0.25, 0.3) is 0 Å². The van der Waals surface area contributed by atoms with Gasteiger partial charge in [-0.3, -0.25) is 0 Å². The van der Waals surface area contributed by atoms with E-state index >= 15 is 0 Å². The van der Waals surface area contributed by atoms with Crippen molar-refractivity contribution in [2.75, 3.05) is 11.9 Å². The highest BCUT2D eigenvalue weighted by Gasteiger charge is 2.27. The minimum atomic E-state index is -4.44. The van der Waals surface area contributed by atoms with Gasteiger partial charge < -0.3 is 10.6 Å². The van der Waals surface area contributed by atoms with Crippen LogP contribution in [0.25, 0.3) is 0 Å². The predicted molar refractivity (Wildman–Crippen MR) is 58.8 cm³/mol. The number of nitriles is 1. The SMILES string of the molecule is N#CCc1ccc(NC(=O)NCC(F)(F)F)cc1. The number of alkyl halides is 3. The molecule has 0 bridgehead atoms. The van der Waals surface area contributed by atoms with Crippen LogP contribution in [-0.4, -0.2) is 18.8 Å². The number of hydrogen-bond acceptors (Lipinski definition) is 2. The number of halogens is 3. The lowest BCUT2D eigenvalue weighted by Gasteiger charge is -2.09. The lowest BCUT2D eigenvalue weighted by molar-refractivity contribution is -0.122. The van der Waals surface area contributed by atoms with Gasteiger partial charge in [0.1, 0.15) is 6.54 Å². The van der Waals surface area contributed by atoms with E-state index in [0.717, 1.165) is 5.56 Å². The molecular weight excluding hydrogens is 247 g/mol. The third-order valence-electron chi connectivity index (χ3n) is 1.94. The van der Waals surface area contributed by atoms with Crippen molar-refractivity contribution < 1.29 is 18.0 Å². The Labute approximate surface area is 101 Å². The first kappa shape index (κ1) is 13.8. The molecule has 18 heavy (non-hydrogen) atoms. The Hall–Kier alpha value is -2.23. The molecule has 0 unspecified atom stereocenters. The zero-order valence-electron chi connectivity index (χ0n) is 9.21. The molecule has 1 aromatic rings. The van der Waals surface area contributed by atoms with E-state index in [1.165, 1.54) is 12.1 Å². The molecule has 0 fully saturated rings. The number of carbonyl (C=O) groups excluding carboxylic acids is 1. The van der Waals surface area contributed by atoms with Gasteiger partial charge in [-0.1, -0.05) is 12.1 Å². The minimum absolute atomic E-state index is 0.237. The summed E-state index contributed by atoms with van der Waals surface area (Å²) < 4.78 is 35.5. The molecule has 7 heteroatoms. The van der Waals surface area contributed by atoms with Crippen LogP contribution in [0.15, 0.2) is 24.3 Å². The summed E-state index contributed by atoms with van der Waals surface area (Å²) in [4.78, 5) is 11.1. The van der Waals surface area contributed by atoms with Crippen molar-refractivity contribution in [2.45, 2.75) is 12.6 Å². The number of nitrogens with one attached hydrogen (secondary N) is 2. The van der Waals surface area contributed by atoms with E-state index in [0.29, 0.717) is 5.69 Å². The summed E-state index contributed by atoms with van der Waals surface area (Å²) in [6, 6.07) is 7.28. The van der Waals surface area contributed by atoms with Crippen molar-refractivity contribution >= 4 is 11.7 Å². The highest BCUT2D eigenvalue weighted by atomic mass is 19.4. The topological polar surface area (TPSA) is 64.9 Å². The molecule has 0 aliphatic rings. The Morgan fingerprint density at radius 1 is 1.28 bits per heavy atom. The number of benzene rings is 1. The van der Waals surface area contributed by atoms with Crippen LogP contribution >= 0.6 is 0 Å². The molecule has 2 N–H and O–H groups in total. The molecule has 2 amide bonds. The van der Waals surface area contributed by atoms with E-state index in [-0.39, 0.29) is 6.42 Å². The van der Waals surface area contributed by atoms with Crippen LogP contribution in [0.5, 0.6) is 0 Å². The molecule has 0 aromatic heterocycles. The molecule has 1 rings (SSSR count). The molecule has 96 valence electrons. The second-order valence-electron chi connectivity index (χ2n) is 3.45. The predicted octanol–water partition coefficient (Wildman–Crippen LogP) is 2.44. The number of carbonyl (C=O) groups is 1. The maximum Gasteiger partial charge on any atom is 0.405 e. The van der Waals surface area contributed by atoms with Gasteiger partial charge in [-0.05, 0) is 17.7 Å². The Kier molecular flexibility index (Phi) is 4.54. The first-order valence-electron chi connectivity index (χ1n) is 4.98. The Bertz CT molecular complexity index is 448. The summed E-state index contributed by atoms with van der Waals surface area (Å²) in [6.07, 6.45) is -4.20. The molecule has 1 aromatic carbocycles. The van der Waals surface area contributed by atoms with Gasteiger partial charge in [0.05, 0.1) is 12.5 Å². The first-order chi connectivity index (χ1) is 8.40. The Morgan fingerprint density at radius 2 is 1.89 bits per heavy atom. The van der Waals surface area contributed by atoms with Crippen LogP contribution in [0.2, 0.25) is 0 Å².